The molecule has 27 heavy (non-hydrogen) atoms. The molecule has 0 spiro atoms. The third-order valence-corrected chi connectivity index (χ3v) is 7.19. The fourth-order valence-electron chi connectivity index (χ4n) is 2.89. The van der Waals surface area contributed by atoms with E-state index in [1.165, 1.54) is 16.6 Å². The van der Waals surface area contributed by atoms with E-state index in [1.54, 1.807) is 20.8 Å². The van der Waals surface area contributed by atoms with Gasteiger partial charge in [-0.1, -0.05) is 18.2 Å². The van der Waals surface area contributed by atoms with Gasteiger partial charge in [0.15, 0.2) is 15.8 Å². The molecule has 0 fully saturated rings. The van der Waals surface area contributed by atoms with Crippen LogP contribution in [0.2, 0.25) is 0 Å². The minimum atomic E-state index is -3.16. The Morgan fingerprint density at radius 3 is 2.56 bits per heavy atom. The fourth-order valence-corrected chi connectivity index (χ4v) is 3.83. The molecule has 7 heteroatoms. The number of aromatic amines is 1. The van der Waals surface area contributed by atoms with E-state index in [4.69, 9.17) is 0 Å². The van der Waals surface area contributed by atoms with Crippen molar-refractivity contribution in [1.29, 1.82) is 0 Å². The maximum absolute atomic E-state index is 12.2. The molecule has 0 aliphatic rings. The molecule has 2 aromatic rings. The number of nitrogens with zero attached hydrogens (tertiary/aromatic N) is 1. The molecule has 0 amide bonds. The minimum absolute atomic E-state index is 0.0502. The van der Waals surface area contributed by atoms with Crippen LogP contribution in [-0.4, -0.2) is 49.5 Å². The van der Waals surface area contributed by atoms with Gasteiger partial charge < -0.3 is 15.6 Å². The third-order valence-electron chi connectivity index (χ3n) is 4.60. The molecule has 0 bridgehead atoms. The third kappa shape index (κ3) is 5.48. The number of nitrogens with one attached hydrogen (secondary N) is 3. The lowest BCUT2D eigenvalue weighted by Gasteiger charge is -2.18. The van der Waals surface area contributed by atoms with Gasteiger partial charge in [-0.15, -0.1) is 0 Å². The molecular weight excluding hydrogens is 360 g/mol. The fraction of sp³-hybridized carbons (Fsp3) is 0.550. The molecule has 150 valence electrons. The average Bonchev–Trinajstić information content (AvgIpc) is 2.89. The highest BCUT2D eigenvalue weighted by molar-refractivity contribution is 7.92. The summed E-state index contributed by atoms with van der Waals surface area (Å²) >= 11 is 0. The number of hydrogen-bond acceptors (Lipinski definition) is 3. The smallest absolute Gasteiger partial charge is 0.191 e. The van der Waals surface area contributed by atoms with Crippen LogP contribution in [0.3, 0.4) is 0 Å². The van der Waals surface area contributed by atoms with E-state index in [-0.39, 0.29) is 12.3 Å². The lowest BCUT2D eigenvalue weighted by atomic mass is 10.1. The normalized spacial score (nSPS) is 13.1. The molecule has 1 heterocycles. The monoisotopic (exact) mass is 392 g/mol. The summed E-state index contributed by atoms with van der Waals surface area (Å²) in [5.41, 5.74) is 3.62. The molecule has 0 aliphatic heterocycles. The van der Waals surface area contributed by atoms with Crippen LogP contribution in [-0.2, 0) is 16.3 Å². The number of aliphatic imine (C=N–C) groups is 1. The number of fused-ring (bicyclic) bond motifs is 1. The highest BCUT2D eigenvalue weighted by Gasteiger charge is 2.28. The number of sulfone groups is 1. The average molecular weight is 393 g/mol. The van der Waals surface area contributed by atoms with Crippen LogP contribution < -0.4 is 10.6 Å². The summed E-state index contributed by atoms with van der Waals surface area (Å²) in [7, 11) is -3.16. The van der Waals surface area contributed by atoms with Gasteiger partial charge in [0, 0.05) is 29.7 Å². The predicted octanol–water partition coefficient (Wildman–Crippen LogP) is 2.79. The van der Waals surface area contributed by atoms with Gasteiger partial charge in [-0.3, -0.25) is 4.99 Å². The first-order chi connectivity index (χ1) is 12.7. The summed E-state index contributed by atoms with van der Waals surface area (Å²) in [6, 6.07) is 8.29. The van der Waals surface area contributed by atoms with E-state index in [0.29, 0.717) is 5.96 Å². The number of H-pyrrole nitrogens is 1. The number of rotatable bonds is 7. The summed E-state index contributed by atoms with van der Waals surface area (Å²) in [6.07, 6.45) is 0.862. The summed E-state index contributed by atoms with van der Waals surface area (Å²) in [6.45, 7) is 10.9. The van der Waals surface area contributed by atoms with Gasteiger partial charge in [0.1, 0.15) is 0 Å². The standard InChI is InChI=1S/C20H32N4O2S/c1-6-21-19(23-13-14-27(25,26)20(3,4)5)22-12-11-16-15(2)24-18-10-8-7-9-17(16)18/h7-10,24H,6,11-14H2,1-5H3,(H2,21,22,23). The Hall–Kier alpha value is -2.02. The zero-order valence-electron chi connectivity index (χ0n) is 17.0. The summed E-state index contributed by atoms with van der Waals surface area (Å²) in [5.74, 6) is 0.702. The van der Waals surface area contributed by atoms with Crippen molar-refractivity contribution >= 4 is 26.7 Å². The second kappa shape index (κ2) is 8.78. The highest BCUT2D eigenvalue weighted by atomic mass is 32.2. The zero-order chi connectivity index (χ0) is 20.1. The van der Waals surface area contributed by atoms with E-state index >= 15 is 0 Å². The molecule has 0 radical (unpaired) electrons. The maximum Gasteiger partial charge on any atom is 0.191 e. The number of hydrogen-bond donors (Lipinski definition) is 3. The van der Waals surface area contributed by atoms with Gasteiger partial charge in [0.2, 0.25) is 0 Å². The molecule has 0 aliphatic carbocycles. The van der Waals surface area contributed by atoms with Crippen LogP contribution in [0.15, 0.2) is 29.3 Å². The molecular formula is C20H32N4O2S. The Morgan fingerprint density at radius 1 is 1.19 bits per heavy atom. The molecule has 0 atom stereocenters. The molecule has 1 aromatic carbocycles. The highest BCUT2D eigenvalue weighted by Crippen LogP contribution is 2.21. The van der Waals surface area contributed by atoms with Gasteiger partial charge in [0.25, 0.3) is 0 Å². The van der Waals surface area contributed by atoms with Gasteiger partial charge in [-0.2, -0.15) is 0 Å². The van der Waals surface area contributed by atoms with Gasteiger partial charge in [-0.05, 0) is 52.7 Å². The number of para-hydroxylation sites is 1. The summed E-state index contributed by atoms with van der Waals surface area (Å²) in [4.78, 5) is 7.84. The molecule has 3 N–H and O–H groups in total. The number of guanidine groups is 1. The molecule has 1 aromatic heterocycles. The second-order valence-electron chi connectivity index (χ2n) is 7.64. The lowest BCUT2D eigenvalue weighted by molar-refractivity contribution is 0.560. The van der Waals surface area contributed by atoms with Gasteiger partial charge in [0.05, 0.1) is 17.0 Å². The maximum atomic E-state index is 12.2. The van der Waals surface area contributed by atoms with Crippen molar-refractivity contribution in [2.24, 2.45) is 4.99 Å². The SMILES string of the molecule is CCNC(=NCCS(=O)(=O)C(C)(C)C)NCCc1c(C)[nH]c2ccccc12. The first-order valence-corrected chi connectivity index (χ1v) is 11.1. The Bertz CT molecular complexity index is 892. The van der Waals surface area contributed by atoms with E-state index in [1.807, 2.05) is 19.1 Å². The molecule has 0 unspecified atom stereocenters. The minimum Gasteiger partial charge on any atom is -0.358 e. The van der Waals surface area contributed by atoms with Gasteiger partial charge in [-0.25, -0.2) is 8.42 Å². The first-order valence-electron chi connectivity index (χ1n) is 9.46. The Balaban J connectivity index is 1.97. The van der Waals surface area contributed by atoms with Crippen molar-refractivity contribution in [3.63, 3.8) is 0 Å². The quantitative estimate of drug-likeness (QED) is 0.499. The summed E-state index contributed by atoms with van der Waals surface area (Å²) in [5, 5.41) is 7.73. The van der Waals surface area contributed by atoms with Crippen LogP contribution in [0.25, 0.3) is 10.9 Å². The van der Waals surface area contributed by atoms with Crippen LogP contribution in [0, 0.1) is 6.92 Å². The molecule has 6 nitrogen and oxygen atoms in total. The second-order valence-corrected chi connectivity index (χ2v) is 10.5. The van der Waals surface area contributed by atoms with Crippen molar-refractivity contribution < 1.29 is 8.42 Å². The van der Waals surface area contributed by atoms with E-state index in [9.17, 15) is 8.42 Å². The van der Waals surface area contributed by atoms with E-state index < -0.39 is 14.6 Å². The van der Waals surface area contributed by atoms with Crippen LogP contribution in [0.1, 0.15) is 39.0 Å². The predicted molar refractivity (Wildman–Crippen MR) is 114 cm³/mol. The molecule has 2 rings (SSSR count). The Kier molecular flexibility index (Phi) is 6.92. The summed E-state index contributed by atoms with van der Waals surface area (Å²) < 4.78 is 23.7. The number of aryl methyl sites for hydroxylation is 1. The van der Waals surface area contributed by atoms with E-state index in [2.05, 4.69) is 39.7 Å². The van der Waals surface area contributed by atoms with Crippen molar-refractivity contribution in [3.8, 4) is 0 Å². The number of aromatic nitrogens is 1. The van der Waals surface area contributed by atoms with Crippen molar-refractivity contribution in [2.75, 3.05) is 25.4 Å². The van der Waals surface area contributed by atoms with Crippen molar-refractivity contribution in [3.05, 3.63) is 35.5 Å². The largest absolute Gasteiger partial charge is 0.358 e. The molecule has 0 saturated carbocycles. The van der Waals surface area contributed by atoms with Gasteiger partial charge >= 0.3 is 0 Å². The topological polar surface area (TPSA) is 86.3 Å². The lowest BCUT2D eigenvalue weighted by Crippen LogP contribution is -2.39. The van der Waals surface area contributed by atoms with Crippen molar-refractivity contribution in [2.45, 2.75) is 45.8 Å². The van der Waals surface area contributed by atoms with Crippen LogP contribution in [0.5, 0.6) is 0 Å². The van der Waals surface area contributed by atoms with E-state index in [0.717, 1.165) is 25.0 Å². The zero-order valence-corrected chi connectivity index (χ0v) is 17.8. The first kappa shape index (κ1) is 21.3. The number of benzene rings is 1. The van der Waals surface area contributed by atoms with Crippen LogP contribution >= 0.6 is 0 Å². The van der Waals surface area contributed by atoms with Crippen LogP contribution in [0.4, 0.5) is 0 Å². The molecule has 0 saturated heterocycles. The Morgan fingerprint density at radius 2 is 1.89 bits per heavy atom. The van der Waals surface area contributed by atoms with Crippen molar-refractivity contribution in [1.82, 2.24) is 15.6 Å². The Labute approximate surface area is 162 Å².